The van der Waals surface area contributed by atoms with Crippen molar-refractivity contribution in [1.82, 2.24) is 15.0 Å². The Morgan fingerprint density at radius 1 is 1.05 bits per heavy atom. The Hall–Kier alpha value is -1.59. The van der Waals surface area contributed by atoms with Crippen LogP contribution in [0.2, 0.25) is 0 Å². The van der Waals surface area contributed by atoms with Crippen LogP contribution in [0.3, 0.4) is 0 Å². The molecule has 116 valence electrons. The number of anilines is 3. The van der Waals surface area contributed by atoms with Crippen molar-refractivity contribution in [2.24, 2.45) is 17.8 Å². The van der Waals surface area contributed by atoms with E-state index in [1.54, 1.807) is 0 Å². The molecule has 0 spiro atoms. The lowest BCUT2D eigenvalue weighted by atomic mass is 9.89. The SMILES string of the molecule is CCNc1nc(NCC2CC3CCC2C3)nc(N(C)C)n1. The molecule has 0 radical (unpaired) electrons. The highest BCUT2D eigenvalue weighted by molar-refractivity contribution is 5.42. The standard InChI is InChI=1S/C15H26N6/c1-4-16-13-18-14(20-15(19-13)21(2)3)17-9-12-8-10-5-6-11(12)7-10/h10-12H,4-9H2,1-3H3,(H2,16,17,18,19,20). The van der Waals surface area contributed by atoms with Gasteiger partial charge in [0.15, 0.2) is 0 Å². The predicted molar refractivity (Wildman–Crippen MR) is 85.7 cm³/mol. The van der Waals surface area contributed by atoms with Gasteiger partial charge in [0.1, 0.15) is 0 Å². The number of fused-ring (bicyclic) bond motifs is 2. The maximum atomic E-state index is 4.49. The van der Waals surface area contributed by atoms with Crippen molar-refractivity contribution >= 4 is 17.8 Å². The second kappa shape index (κ2) is 6.03. The van der Waals surface area contributed by atoms with Crippen LogP contribution < -0.4 is 15.5 Å². The molecule has 6 nitrogen and oxygen atoms in total. The molecule has 21 heavy (non-hydrogen) atoms. The molecule has 2 saturated carbocycles. The number of hydrogen-bond acceptors (Lipinski definition) is 6. The quantitative estimate of drug-likeness (QED) is 0.837. The second-order valence-electron chi connectivity index (χ2n) is 6.52. The zero-order valence-corrected chi connectivity index (χ0v) is 13.3. The van der Waals surface area contributed by atoms with E-state index in [1.807, 2.05) is 25.9 Å². The zero-order chi connectivity index (χ0) is 14.8. The molecule has 2 N–H and O–H groups in total. The van der Waals surface area contributed by atoms with Gasteiger partial charge >= 0.3 is 0 Å². The molecular formula is C15H26N6. The molecule has 1 aromatic rings. The average molecular weight is 290 g/mol. The van der Waals surface area contributed by atoms with Gasteiger partial charge in [-0.1, -0.05) is 6.42 Å². The van der Waals surface area contributed by atoms with Crippen LogP contribution in [0.15, 0.2) is 0 Å². The maximum absolute atomic E-state index is 4.49. The van der Waals surface area contributed by atoms with Crippen LogP contribution in [0.4, 0.5) is 17.8 Å². The van der Waals surface area contributed by atoms with Crippen LogP contribution in [-0.2, 0) is 0 Å². The lowest BCUT2D eigenvalue weighted by Gasteiger charge is -2.22. The Morgan fingerprint density at radius 3 is 2.38 bits per heavy atom. The van der Waals surface area contributed by atoms with E-state index in [1.165, 1.54) is 25.7 Å². The fourth-order valence-corrected chi connectivity index (χ4v) is 3.73. The van der Waals surface area contributed by atoms with Crippen molar-refractivity contribution in [3.63, 3.8) is 0 Å². The number of nitrogens with zero attached hydrogens (tertiary/aromatic N) is 4. The van der Waals surface area contributed by atoms with E-state index < -0.39 is 0 Å². The monoisotopic (exact) mass is 290 g/mol. The number of aromatic nitrogens is 3. The normalized spacial score (nSPS) is 26.9. The summed E-state index contributed by atoms with van der Waals surface area (Å²) >= 11 is 0. The molecule has 2 bridgehead atoms. The molecule has 0 amide bonds. The van der Waals surface area contributed by atoms with Crippen molar-refractivity contribution in [3.05, 3.63) is 0 Å². The van der Waals surface area contributed by atoms with Gasteiger partial charge in [0, 0.05) is 27.2 Å². The third-order valence-corrected chi connectivity index (χ3v) is 4.77. The lowest BCUT2D eigenvalue weighted by molar-refractivity contribution is 0.348. The molecule has 6 heteroatoms. The summed E-state index contributed by atoms with van der Waals surface area (Å²) in [5.41, 5.74) is 0. The molecule has 3 unspecified atom stereocenters. The summed E-state index contributed by atoms with van der Waals surface area (Å²) in [7, 11) is 3.90. The van der Waals surface area contributed by atoms with Crippen LogP contribution in [0.5, 0.6) is 0 Å². The highest BCUT2D eigenvalue weighted by Gasteiger charge is 2.39. The minimum Gasteiger partial charge on any atom is -0.354 e. The van der Waals surface area contributed by atoms with Gasteiger partial charge in [0.05, 0.1) is 0 Å². The third-order valence-electron chi connectivity index (χ3n) is 4.77. The van der Waals surface area contributed by atoms with Crippen LogP contribution in [0.1, 0.15) is 32.6 Å². The number of hydrogen-bond donors (Lipinski definition) is 2. The van der Waals surface area contributed by atoms with E-state index in [0.29, 0.717) is 17.8 Å². The number of rotatable bonds is 6. The fraction of sp³-hybridized carbons (Fsp3) is 0.800. The molecular weight excluding hydrogens is 264 g/mol. The first kappa shape index (κ1) is 14.4. The summed E-state index contributed by atoms with van der Waals surface area (Å²) in [6, 6.07) is 0. The summed E-state index contributed by atoms with van der Waals surface area (Å²) in [5, 5.41) is 6.61. The first-order valence-electron chi connectivity index (χ1n) is 8.06. The second-order valence-corrected chi connectivity index (χ2v) is 6.52. The molecule has 2 aliphatic carbocycles. The van der Waals surface area contributed by atoms with Gasteiger partial charge in [-0.15, -0.1) is 0 Å². The van der Waals surface area contributed by atoms with E-state index in [-0.39, 0.29) is 0 Å². The summed E-state index contributed by atoms with van der Waals surface area (Å²) in [4.78, 5) is 15.2. The minimum absolute atomic E-state index is 0.645. The van der Waals surface area contributed by atoms with E-state index in [4.69, 9.17) is 0 Å². The van der Waals surface area contributed by atoms with Crippen LogP contribution in [-0.4, -0.2) is 42.1 Å². The molecule has 0 aliphatic heterocycles. The fourth-order valence-electron chi connectivity index (χ4n) is 3.73. The molecule has 0 aromatic carbocycles. The van der Waals surface area contributed by atoms with Crippen LogP contribution in [0, 0.1) is 17.8 Å². The van der Waals surface area contributed by atoms with Crippen LogP contribution in [0.25, 0.3) is 0 Å². The molecule has 1 heterocycles. The Labute approximate surface area is 126 Å². The highest BCUT2D eigenvalue weighted by Crippen LogP contribution is 2.48. The largest absolute Gasteiger partial charge is 0.354 e. The van der Waals surface area contributed by atoms with E-state index in [2.05, 4.69) is 25.6 Å². The Balaban J connectivity index is 1.66. The van der Waals surface area contributed by atoms with Crippen LogP contribution >= 0.6 is 0 Å². The summed E-state index contributed by atoms with van der Waals surface area (Å²) < 4.78 is 0. The van der Waals surface area contributed by atoms with Gasteiger partial charge in [0.25, 0.3) is 0 Å². The molecule has 3 rings (SSSR count). The summed E-state index contributed by atoms with van der Waals surface area (Å²) in [6.07, 6.45) is 5.68. The molecule has 2 aliphatic rings. The van der Waals surface area contributed by atoms with Gasteiger partial charge < -0.3 is 15.5 Å². The Bertz CT molecular complexity index is 489. The first-order valence-corrected chi connectivity index (χ1v) is 8.06. The highest BCUT2D eigenvalue weighted by atomic mass is 15.3. The smallest absolute Gasteiger partial charge is 0.231 e. The molecule has 2 fully saturated rings. The number of nitrogens with one attached hydrogen (secondary N) is 2. The van der Waals surface area contributed by atoms with Gasteiger partial charge in [-0.25, -0.2) is 0 Å². The van der Waals surface area contributed by atoms with Crippen molar-refractivity contribution in [2.75, 3.05) is 42.7 Å². The van der Waals surface area contributed by atoms with Crippen molar-refractivity contribution < 1.29 is 0 Å². The lowest BCUT2D eigenvalue weighted by Crippen LogP contribution is -2.22. The van der Waals surface area contributed by atoms with Gasteiger partial charge in [0.2, 0.25) is 17.8 Å². The Morgan fingerprint density at radius 2 is 1.81 bits per heavy atom. The maximum Gasteiger partial charge on any atom is 0.231 e. The van der Waals surface area contributed by atoms with Gasteiger partial charge in [-0.2, -0.15) is 15.0 Å². The van der Waals surface area contributed by atoms with Crippen molar-refractivity contribution in [3.8, 4) is 0 Å². The minimum atomic E-state index is 0.645. The topological polar surface area (TPSA) is 66.0 Å². The van der Waals surface area contributed by atoms with Gasteiger partial charge in [-0.3, -0.25) is 0 Å². The van der Waals surface area contributed by atoms with E-state index in [9.17, 15) is 0 Å². The zero-order valence-electron chi connectivity index (χ0n) is 13.3. The molecule has 3 atom stereocenters. The molecule has 0 saturated heterocycles. The first-order chi connectivity index (χ1) is 10.2. The van der Waals surface area contributed by atoms with Gasteiger partial charge in [-0.05, 0) is 43.9 Å². The third kappa shape index (κ3) is 3.19. The van der Waals surface area contributed by atoms with Crippen molar-refractivity contribution in [2.45, 2.75) is 32.6 Å². The van der Waals surface area contributed by atoms with Crippen molar-refractivity contribution in [1.29, 1.82) is 0 Å². The van der Waals surface area contributed by atoms with E-state index >= 15 is 0 Å². The predicted octanol–water partition coefficient (Wildman–Crippen LogP) is 2.22. The average Bonchev–Trinajstić information content (AvgIpc) is 3.07. The molecule has 1 aromatic heterocycles. The van der Waals surface area contributed by atoms with E-state index in [0.717, 1.165) is 30.8 Å². The summed E-state index contributed by atoms with van der Waals surface area (Å²) in [6.45, 7) is 3.84. The Kier molecular flexibility index (Phi) is 4.12. The summed E-state index contributed by atoms with van der Waals surface area (Å²) in [5.74, 6) is 4.72.